The van der Waals surface area contributed by atoms with E-state index in [-0.39, 0.29) is 37.2 Å². The molecule has 3 rings (SSSR count). The molecular weight excluding hydrogens is 397 g/mol. The highest BCUT2D eigenvalue weighted by Gasteiger charge is 2.44. The molecule has 3 aliphatic rings. The number of piperazine rings is 1. The van der Waals surface area contributed by atoms with Gasteiger partial charge < -0.3 is 29.3 Å². The van der Waals surface area contributed by atoms with E-state index in [9.17, 15) is 14.5 Å². The molecule has 5 unspecified atom stereocenters. The maximum absolute atomic E-state index is 14.2. The molecule has 5 atom stereocenters. The summed E-state index contributed by atoms with van der Waals surface area (Å²) in [5.74, 6) is 0.0245. The van der Waals surface area contributed by atoms with E-state index in [4.69, 9.17) is 14.0 Å². The predicted molar refractivity (Wildman–Crippen MR) is 113 cm³/mol. The largest absolute Gasteiger partial charge is 0.394 e. The quantitative estimate of drug-likeness (QED) is 0.335. The molecular formula is C16H33B2N4O6P. The number of ether oxygens (including phenoxy) is 2. The van der Waals surface area contributed by atoms with Crippen molar-refractivity contribution < 1.29 is 28.5 Å². The number of carbonyl (C=O) groups is 1. The summed E-state index contributed by atoms with van der Waals surface area (Å²) in [6, 6.07) is -0.0815. The molecule has 0 saturated carbocycles. The zero-order valence-electron chi connectivity index (χ0n) is 17.7. The summed E-state index contributed by atoms with van der Waals surface area (Å²) in [6.45, 7) is 5.88. The first kappa shape index (κ1) is 23.2. The summed E-state index contributed by atoms with van der Waals surface area (Å²) in [7, 11) is 0.529. The summed E-state index contributed by atoms with van der Waals surface area (Å²) in [5, 5.41) is 12.9. The zero-order chi connectivity index (χ0) is 21.0. The predicted octanol–water partition coefficient (Wildman–Crippen LogP) is -3.12. The van der Waals surface area contributed by atoms with Crippen LogP contribution in [0.1, 0.15) is 6.92 Å². The summed E-state index contributed by atoms with van der Waals surface area (Å²) < 4.78 is 35.7. The van der Waals surface area contributed by atoms with E-state index >= 15 is 0 Å². The van der Waals surface area contributed by atoms with Gasteiger partial charge in [-0.2, -0.15) is 0 Å². The lowest BCUT2D eigenvalue weighted by atomic mass is 9.98. The van der Waals surface area contributed by atoms with Crippen molar-refractivity contribution in [2.24, 2.45) is 0 Å². The molecule has 3 aliphatic heterocycles. The minimum absolute atomic E-state index is 0.0245. The van der Waals surface area contributed by atoms with E-state index in [2.05, 4.69) is 5.32 Å². The van der Waals surface area contributed by atoms with Gasteiger partial charge in [-0.25, -0.2) is 9.34 Å². The number of hydrogen-bond donors (Lipinski definition) is 2. The first-order valence-corrected chi connectivity index (χ1v) is 12.0. The SMILES string of the molecule is BC1CNCC(COP(=O)(N2CCN(C(C)=O)CC2)N2CC(B)OC(CO)C2)O1. The van der Waals surface area contributed by atoms with Crippen LogP contribution in [0.25, 0.3) is 0 Å². The smallest absolute Gasteiger partial charge is 0.346 e. The lowest BCUT2D eigenvalue weighted by Crippen LogP contribution is -2.53. The molecule has 13 heteroatoms. The van der Waals surface area contributed by atoms with E-state index in [0.29, 0.717) is 45.8 Å². The Morgan fingerprint density at radius 2 is 1.79 bits per heavy atom. The van der Waals surface area contributed by atoms with Gasteiger partial charge in [0, 0.05) is 71.3 Å². The van der Waals surface area contributed by atoms with E-state index < -0.39 is 13.8 Å². The molecule has 29 heavy (non-hydrogen) atoms. The second-order valence-corrected chi connectivity index (χ2v) is 10.5. The molecule has 10 nitrogen and oxygen atoms in total. The Bertz CT molecular complexity index is 612. The Hall–Kier alpha value is -0.450. The molecule has 1 amide bonds. The number of amides is 1. The van der Waals surface area contributed by atoms with E-state index in [1.54, 1.807) is 11.8 Å². The van der Waals surface area contributed by atoms with Crippen molar-refractivity contribution in [2.75, 3.05) is 65.6 Å². The molecule has 3 fully saturated rings. The fourth-order valence-corrected chi connectivity index (χ4v) is 6.64. The molecule has 2 N–H and O–H groups in total. The minimum atomic E-state index is -3.37. The third-order valence-electron chi connectivity index (χ3n) is 5.58. The molecule has 3 heterocycles. The normalized spacial score (nSPS) is 34.6. The van der Waals surface area contributed by atoms with Gasteiger partial charge in [0.05, 0.1) is 25.4 Å². The van der Waals surface area contributed by atoms with Crippen molar-refractivity contribution in [2.45, 2.75) is 31.1 Å². The molecule has 164 valence electrons. The van der Waals surface area contributed by atoms with Gasteiger partial charge in [-0.05, 0) is 0 Å². The number of aliphatic hydroxyl groups excluding tert-OH is 1. The van der Waals surface area contributed by atoms with Gasteiger partial charge >= 0.3 is 7.67 Å². The number of rotatable bonds is 6. The lowest BCUT2D eigenvalue weighted by molar-refractivity contribution is -0.130. The second-order valence-electron chi connectivity index (χ2n) is 8.10. The van der Waals surface area contributed by atoms with Gasteiger partial charge in [0.25, 0.3) is 0 Å². The van der Waals surface area contributed by atoms with Crippen LogP contribution in [0.2, 0.25) is 0 Å². The van der Waals surface area contributed by atoms with Gasteiger partial charge in [-0.1, -0.05) is 0 Å². The van der Waals surface area contributed by atoms with Crippen molar-refractivity contribution >= 4 is 29.3 Å². The van der Waals surface area contributed by atoms with Gasteiger partial charge in [-0.3, -0.25) is 9.36 Å². The fraction of sp³-hybridized carbons (Fsp3) is 0.938. The molecule has 0 aromatic rings. The van der Waals surface area contributed by atoms with Crippen LogP contribution in [0.3, 0.4) is 0 Å². The maximum atomic E-state index is 14.2. The number of nitrogens with one attached hydrogen (secondary N) is 1. The van der Waals surface area contributed by atoms with Crippen LogP contribution < -0.4 is 5.32 Å². The molecule has 3 saturated heterocycles. The van der Waals surface area contributed by atoms with Gasteiger partial charge in [0.2, 0.25) is 5.91 Å². The van der Waals surface area contributed by atoms with Crippen molar-refractivity contribution in [3.8, 4) is 0 Å². The first-order valence-electron chi connectivity index (χ1n) is 10.4. The highest BCUT2D eigenvalue weighted by atomic mass is 31.2. The molecule has 0 aromatic carbocycles. The zero-order valence-corrected chi connectivity index (χ0v) is 18.6. The number of hydrogen-bond acceptors (Lipinski definition) is 7. The van der Waals surface area contributed by atoms with E-state index in [0.717, 1.165) is 6.54 Å². The third-order valence-corrected chi connectivity index (χ3v) is 8.23. The number of morpholine rings is 2. The summed E-state index contributed by atoms with van der Waals surface area (Å²) in [6.07, 6.45) is -0.570. The lowest BCUT2D eigenvalue weighted by Gasteiger charge is -2.46. The Balaban J connectivity index is 1.73. The van der Waals surface area contributed by atoms with Crippen LogP contribution in [0.4, 0.5) is 0 Å². The van der Waals surface area contributed by atoms with Crippen LogP contribution >= 0.6 is 7.67 Å². The van der Waals surface area contributed by atoms with Crippen molar-refractivity contribution in [1.82, 2.24) is 19.6 Å². The maximum Gasteiger partial charge on any atom is 0.346 e. The highest BCUT2D eigenvalue weighted by Crippen LogP contribution is 2.55. The molecule has 0 spiro atoms. The Kier molecular flexibility index (Phi) is 8.20. The van der Waals surface area contributed by atoms with Crippen molar-refractivity contribution in [1.29, 1.82) is 0 Å². The summed E-state index contributed by atoms with van der Waals surface area (Å²) in [4.78, 5) is 13.4. The first-order chi connectivity index (χ1) is 13.8. The molecule has 0 aliphatic carbocycles. The Morgan fingerprint density at radius 3 is 2.41 bits per heavy atom. The van der Waals surface area contributed by atoms with Crippen molar-refractivity contribution in [3.05, 3.63) is 0 Å². The minimum Gasteiger partial charge on any atom is -0.394 e. The van der Waals surface area contributed by atoms with Crippen LogP contribution in [0, 0.1) is 0 Å². The molecule has 0 aromatic heterocycles. The number of carbonyl (C=O) groups excluding carboxylic acids is 1. The van der Waals surface area contributed by atoms with E-state index in [1.165, 1.54) is 0 Å². The summed E-state index contributed by atoms with van der Waals surface area (Å²) >= 11 is 0. The average Bonchev–Trinajstić information content (AvgIpc) is 2.71. The third kappa shape index (κ3) is 5.83. The average molecular weight is 430 g/mol. The van der Waals surface area contributed by atoms with Gasteiger partial charge in [-0.15, -0.1) is 0 Å². The molecule has 0 radical (unpaired) electrons. The van der Waals surface area contributed by atoms with Crippen LogP contribution in [-0.4, -0.2) is 131 Å². The topological polar surface area (TPSA) is 104 Å². The van der Waals surface area contributed by atoms with Gasteiger partial charge in [0.1, 0.15) is 15.7 Å². The highest BCUT2D eigenvalue weighted by molar-refractivity contribution is 7.54. The fourth-order valence-electron chi connectivity index (χ4n) is 4.08. The van der Waals surface area contributed by atoms with Crippen LogP contribution in [0.5, 0.6) is 0 Å². The molecule has 0 bridgehead atoms. The monoisotopic (exact) mass is 430 g/mol. The van der Waals surface area contributed by atoms with Crippen molar-refractivity contribution in [3.63, 3.8) is 0 Å². The van der Waals surface area contributed by atoms with Gasteiger partial charge in [0.15, 0.2) is 0 Å². The summed E-state index contributed by atoms with van der Waals surface area (Å²) in [5.41, 5.74) is 0. The number of nitrogens with zero attached hydrogens (tertiary/aromatic N) is 3. The number of aliphatic hydroxyl groups is 1. The van der Waals surface area contributed by atoms with Crippen LogP contribution in [0.15, 0.2) is 0 Å². The Morgan fingerprint density at radius 1 is 1.10 bits per heavy atom. The second kappa shape index (κ2) is 10.2. The standard InChI is InChI=1S/C16H33B2N4O6P/c1-12(24)20-2-4-21(5-3-20)29(25,22-8-14(10-23)28-16(18)9-22)26-11-13-6-19-7-15(17)27-13/h13-16,19,23H,2-11,17-18H2,1H3. The van der Waals surface area contributed by atoms with Crippen LogP contribution in [-0.2, 0) is 23.4 Å². The Labute approximate surface area is 174 Å². The van der Waals surface area contributed by atoms with E-state index in [1.807, 2.05) is 25.0 Å².